The number of hydrogen-bond acceptors (Lipinski definition) is 7. The summed E-state index contributed by atoms with van der Waals surface area (Å²) >= 11 is 0. The van der Waals surface area contributed by atoms with Crippen LogP contribution in [-0.2, 0) is 14.3 Å². The highest BCUT2D eigenvalue weighted by Gasteiger charge is 2.70. The molecule has 1 aromatic rings. The minimum atomic E-state index is -0.994. The number of esters is 1. The van der Waals surface area contributed by atoms with E-state index in [-0.39, 0.29) is 35.4 Å². The molecule has 4 fully saturated rings. The zero-order valence-electron chi connectivity index (χ0n) is 21.7. The first kappa shape index (κ1) is 25.3. The van der Waals surface area contributed by atoms with Crippen LogP contribution >= 0.6 is 0 Å². The van der Waals surface area contributed by atoms with E-state index in [4.69, 9.17) is 13.9 Å². The van der Waals surface area contributed by atoms with Gasteiger partial charge in [0.05, 0.1) is 19.0 Å². The zero-order valence-corrected chi connectivity index (χ0v) is 21.7. The Morgan fingerprint density at radius 3 is 2.56 bits per heavy atom. The highest BCUT2D eigenvalue weighted by Crippen LogP contribution is 2.70. The van der Waals surface area contributed by atoms with Crippen LogP contribution in [0.5, 0.6) is 0 Å². The van der Waals surface area contributed by atoms with Gasteiger partial charge in [-0.25, -0.2) is 9.59 Å². The monoisotopic (exact) mass is 501 g/mol. The standard InChI is InChI=1S/C28H39NO7/c1-16(30)36-22-14-28(33)21-7-6-18-13-19(29-25(32)34-4)9-11-26(18,2)20(21)10-12-27(28,3)24(22)17-5-8-23(31)35-15-17/h5,8,15,18-22,24,33H,6-7,9-14H2,1-4H3,(H,29,32)/t18-,19+,20+,21-,22+,24+,26+,27-,28+/m1/s1. The summed E-state index contributed by atoms with van der Waals surface area (Å²) < 4.78 is 15.9. The molecule has 36 heavy (non-hydrogen) atoms. The molecule has 5 rings (SSSR count). The summed E-state index contributed by atoms with van der Waals surface area (Å²) in [6.45, 7) is 5.93. The lowest BCUT2D eigenvalue weighted by molar-refractivity contribution is -0.202. The Hall–Kier alpha value is -2.35. The SMILES string of the molecule is COC(=O)N[C@H]1CC[C@@]2(C)[C@H](CC[C@@H]3[C@@H]2CC[C@]2(C)[C@@H](c4ccc(=O)oc4)[C@@H](OC(C)=O)C[C@]32O)C1. The Morgan fingerprint density at radius 2 is 1.89 bits per heavy atom. The Labute approximate surface area is 212 Å². The van der Waals surface area contributed by atoms with Crippen molar-refractivity contribution in [1.29, 1.82) is 0 Å². The van der Waals surface area contributed by atoms with Crippen molar-refractivity contribution in [3.63, 3.8) is 0 Å². The fourth-order valence-corrected chi connectivity index (χ4v) is 9.05. The van der Waals surface area contributed by atoms with E-state index in [1.54, 1.807) is 6.07 Å². The molecule has 8 heteroatoms. The molecule has 0 unspecified atom stereocenters. The zero-order chi connectivity index (χ0) is 25.9. The van der Waals surface area contributed by atoms with E-state index in [1.807, 2.05) is 0 Å². The molecular weight excluding hydrogens is 462 g/mol. The molecule has 2 N–H and O–H groups in total. The molecule has 0 aliphatic heterocycles. The first-order chi connectivity index (χ1) is 17.0. The Balaban J connectivity index is 1.45. The van der Waals surface area contributed by atoms with Crippen molar-refractivity contribution in [1.82, 2.24) is 5.32 Å². The van der Waals surface area contributed by atoms with Crippen LogP contribution in [-0.4, -0.2) is 42.0 Å². The van der Waals surface area contributed by atoms with Crippen LogP contribution in [0.4, 0.5) is 4.79 Å². The van der Waals surface area contributed by atoms with Gasteiger partial charge in [0, 0.05) is 36.8 Å². The number of aliphatic hydroxyl groups is 1. The number of fused-ring (bicyclic) bond motifs is 5. The van der Waals surface area contributed by atoms with E-state index >= 15 is 0 Å². The summed E-state index contributed by atoms with van der Waals surface area (Å²) in [7, 11) is 1.40. The minimum absolute atomic E-state index is 0.0861. The summed E-state index contributed by atoms with van der Waals surface area (Å²) in [6, 6.07) is 3.28. The Bertz CT molecular complexity index is 1070. The number of amides is 1. The van der Waals surface area contributed by atoms with Crippen molar-refractivity contribution in [2.24, 2.45) is 28.6 Å². The molecule has 8 nitrogen and oxygen atoms in total. The van der Waals surface area contributed by atoms with Gasteiger partial charge in [0.1, 0.15) is 6.10 Å². The van der Waals surface area contributed by atoms with Crippen molar-refractivity contribution < 1.29 is 28.6 Å². The van der Waals surface area contributed by atoms with E-state index in [9.17, 15) is 19.5 Å². The van der Waals surface area contributed by atoms with Gasteiger partial charge in [-0.05, 0) is 79.7 Å². The van der Waals surface area contributed by atoms with Gasteiger partial charge >= 0.3 is 17.7 Å². The summed E-state index contributed by atoms with van der Waals surface area (Å²) in [5.41, 5.74) is -1.05. The quantitative estimate of drug-likeness (QED) is 0.598. The van der Waals surface area contributed by atoms with Gasteiger partial charge in [0.15, 0.2) is 0 Å². The molecule has 4 aliphatic rings. The van der Waals surface area contributed by atoms with Crippen LogP contribution in [0, 0.1) is 28.6 Å². The van der Waals surface area contributed by atoms with Crippen LogP contribution in [0.2, 0.25) is 0 Å². The van der Waals surface area contributed by atoms with Gasteiger partial charge in [0.25, 0.3) is 0 Å². The van der Waals surface area contributed by atoms with Crippen molar-refractivity contribution in [2.45, 2.75) is 95.8 Å². The van der Waals surface area contributed by atoms with Crippen LogP contribution in [0.25, 0.3) is 0 Å². The molecule has 0 spiro atoms. The molecule has 4 aliphatic carbocycles. The smallest absolute Gasteiger partial charge is 0.407 e. The predicted molar refractivity (Wildman–Crippen MR) is 131 cm³/mol. The van der Waals surface area contributed by atoms with Gasteiger partial charge in [-0.3, -0.25) is 4.79 Å². The topological polar surface area (TPSA) is 115 Å². The van der Waals surface area contributed by atoms with Crippen molar-refractivity contribution in [2.75, 3.05) is 7.11 Å². The molecule has 1 aromatic heterocycles. The first-order valence-electron chi connectivity index (χ1n) is 13.3. The fourth-order valence-electron chi connectivity index (χ4n) is 9.05. The molecule has 198 valence electrons. The molecule has 0 aromatic carbocycles. The summed E-state index contributed by atoms with van der Waals surface area (Å²) in [5, 5.41) is 15.6. The van der Waals surface area contributed by atoms with E-state index in [0.717, 1.165) is 50.5 Å². The average molecular weight is 502 g/mol. The van der Waals surface area contributed by atoms with Crippen LogP contribution in [0.3, 0.4) is 0 Å². The Kier molecular flexibility index (Phi) is 6.25. The van der Waals surface area contributed by atoms with Crippen LogP contribution < -0.4 is 10.9 Å². The predicted octanol–water partition coefficient (Wildman–Crippen LogP) is 4.15. The number of carbonyl (C=O) groups excluding carboxylic acids is 2. The lowest BCUT2D eigenvalue weighted by Crippen LogP contribution is -2.62. The molecule has 0 radical (unpaired) electrons. The summed E-state index contributed by atoms with van der Waals surface area (Å²) in [6.07, 6.45) is 7.56. The van der Waals surface area contributed by atoms with Gasteiger partial charge in [-0.15, -0.1) is 0 Å². The molecule has 0 saturated heterocycles. The molecule has 1 amide bonds. The second kappa shape index (κ2) is 8.89. The van der Waals surface area contributed by atoms with Crippen molar-refractivity contribution >= 4 is 12.1 Å². The molecule has 4 saturated carbocycles. The number of rotatable bonds is 3. The fraction of sp³-hybridized carbons (Fsp3) is 0.750. The highest BCUT2D eigenvalue weighted by molar-refractivity contribution is 5.67. The maximum atomic E-state index is 12.6. The maximum Gasteiger partial charge on any atom is 0.407 e. The lowest BCUT2D eigenvalue weighted by atomic mass is 9.43. The van der Waals surface area contributed by atoms with Gasteiger partial charge in [0.2, 0.25) is 0 Å². The number of ether oxygens (including phenoxy) is 2. The molecule has 0 bridgehead atoms. The summed E-state index contributed by atoms with van der Waals surface area (Å²) in [4.78, 5) is 35.5. The number of nitrogens with one attached hydrogen (secondary N) is 1. The number of methoxy groups -OCH3 is 1. The second-order valence-corrected chi connectivity index (χ2v) is 12.2. The van der Waals surface area contributed by atoms with Crippen LogP contribution in [0.1, 0.15) is 83.6 Å². The molecular formula is C28H39NO7. The van der Waals surface area contributed by atoms with Crippen molar-refractivity contribution in [3.05, 3.63) is 34.4 Å². The van der Waals surface area contributed by atoms with E-state index in [0.29, 0.717) is 18.3 Å². The summed E-state index contributed by atoms with van der Waals surface area (Å²) in [5.74, 6) is 0.326. The molecule has 1 heterocycles. The van der Waals surface area contributed by atoms with Gasteiger partial charge < -0.3 is 24.3 Å². The molecule has 9 atom stereocenters. The first-order valence-corrected chi connectivity index (χ1v) is 13.3. The Morgan fingerprint density at radius 1 is 1.11 bits per heavy atom. The average Bonchev–Trinajstić information content (AvgIpc) is 3.05. The third-order valence-electron chi connectivity index (χ3n) is 10.7. The van der Waals surface area contributed by atoms with Gasteiger partial charge in [-0.1, -0.05) is 13.8 Å². The third-order valence-corrected chi connectivity index (χ3v) is 10.7. The van der Waals surface area contributed by atoms with Gasteiger partial charge in [-0.2, -0.15) is 0 Å². The number of carbonyl (C=O) groups is 2. The maximum absolute atomic E-state index is 12.6. The van der Waals surface area contributed by atoms with E-state index < -0.39 is 22.7 Å². The van der Waals surface area contributed by atoms with E-state index in [1.165, 1.54) is 26.4 Å². The lowest BCUT2D eigenvalue weighted by Gasteiger charge is -2.63. The van der Waals surface area contributed by atoms with Crippen LogP contribution in [0.15, 0.2) is 27.6 Å². The number of alkyl carbamates (subject to hydrolysis) is 1. The van der Waals surface area contributed by atoms with Crippen molar-refractivity contribution in [3.8, 4) is 0 Å². The highest BCUT2D eigenvalue weighted by atomic mass is 16.5. The minimum Gasteiger partial charge on any atom is -0.462 e. The third kappa shape index (κ3) is 3.78. The largest absolute Gasteiger partial charge is 0.462 e. The number of hydrogen-bond donors (Lipinski definition) is 2. The van der Waals surface area contributed by atoms with E-state index in [2.05, 4.69) is 19.2 Å². The normalized spacial score (nSPS) is 43.5. The second-order valence-electron chi connectivity index (χ2n) is 12.2.